The number of nitrogens with zero attached hydrogens (tertiary/aromatic N) is 1. The average Bonchev–Trinajstić information content (AvgIpc) is 2.75. The van der Waals surface area contributed by atoms with E-state index in [1.165, 1.54) is 11.1 Å². The van der Waals surface area contributed by atoms with Crippen molar-refractivity contribution in [2.45, 2.75) is 25.1 Å². The maximum absolute atomic E-state index is 10.6. The molecule has 2 aromatic carbocycles. The first-order chi connectivity index (χ1) is 15.0. The number of phenolic OH excluding ortho intramolecular Hbond substituents is 1. The number of halogens is 3. The lowest BCUT2D eigenvalue weighted by molar-refractivity contribution is -0.192. The molecule has 0 saturated heterocycles. The highest BCUT2D eigenvalue weighted by Gasteiger charge is 2.38. The second kappa shape index (κ2) is 10.4. The quantitative estimate of drug-likeness (QED) is 0.706. The summed E-state index contributed by atoms with van der Waals surface area (Å²) < 4.78 is 47.9. The Balaban J connectivity index is 0.000000451. The minimum absolute atomic E-state index is 0.162. The van der Waals surface area contributed by atoms with Crippen LogP contribution in [0.4, 0.5) is 13.2 Å². The molecule has 2 aromatic rings. The summed E-state index contributed by atoms with van der Waals surface area (Å²) in [7, 11) is 7.04. The summed E-state index contributed by atoms with van der Waals surface area (Å²) in [5.41, 5.74) is 3.68. The van der Waals surface area contributed by atoms with E-state index in [4.69, 9.17) is 24.1 Å². The third-order valence-corrected chi connectivity index (χ3v) is 5.19. The molecule has 1 atom stereocenters. The van der Waals surface area contributed by atoms with Crippen LogP contribution in [0.1, 0.15) is 22.7 Å². The van der Waals surface area contributed by atoms with Crippen LogP contribution in [-0.2, 0) is 17.6 Å². The molecule has 0 amide bonds. The number of carboxylic acid groups (broad SMARTS) is 1. The fourth-order valence-electron chi connectivity index (χ4n) is 3.49. The van der Waals surface area contributed by atoms with Gasteiger partial charge in [-0.25, -0.2) is 4.79 Å². The molecule has 0 bridgehead atoms. The molecule has 1 aliphatic rings. The molecule has 1 unspecified atom stereocenters. The van der Waals surface area contributed by atoms with E-state index >= 15 is 0 Å². The second-order valence-electron chi connectivity index (χ2n) is 7.17. The Morgan fingerprint density at radius 2 is 1.62 bits per heavy atom. The molecule has 176 valence electrons. The van der Waals surface area contributed by atoms with Gasteiger partial charge in [-0.1, -0.05) is 6.07 Å². The number of aliphatic carboxylic acids is 1. The third-order valence-electron chi connectivity index (χ3n) is 5.19. The number of hydrogen-bond donors (Lipinski definition) is 2. The number of fused-ring (bicyclic) bond motifs is 1. The largest absolute Gasteiger partial charge is 0.504 e. The van der Waals surface area contributed by atoms with Crippen LogP contribution in [0.5, 0.6) is 23.0 Å². The molecule has 32 heavy (non-hydrogen) atoms. The van der Waals surface area contributed by atoms with Crippen LogP contribution in [0, 0.1) is 0 Å². The molecule has 2 N–H and O–H groups in total. The van der Waals surface area contributed by atoms with Crippen molar-refractivity contribution in [1.29, 1.82) is 0 Å². The summed E-state index contributed by atoms with van der Waals surface area (Å²) in [6.07, 6.45) is -3.27. The summed E-state index contributed by atoms with van der Waals surface area (Å²) in [5, 5.41) is 16.9. The van der Waals surface area contributed by atoms with E-state index in [2.05, 4.69) is 24.1 Å². The number of benzene rings is 2. The van der Waals surface area contributed by atoms with E-state index < -0.39 is 12.1 Å². The van der Waals surface area contributed by atoms with Crippen molar-refractivity contribution in [1.82, 2.24) is 4.90 Å². The van der Waals surface area contributed by atoms with Gasteiger partial charge in [-0.3, -0.25) is 4.90 Å². The number of carbonyl (C=O) groups is 1. The summed E-state index contributed by atoms with van der Waals surface area (Å²) in [5.74, 6) is -0.563. The van der Waals surface area contributed by atoms with Gasteiger partial charge < -0.3 is 24.4 Å². The zero-order valence-corrected chi connectivity index (χ0v) is 18.2. The Kier molecular flexibility index (Phi) is 8.20. The molecular weight excluding hydrogens is 431 g/mol. The van der Waals surface area contributed by atoms with E-state index in [9.17, 15) is 18.3 Å². The highest BCUT2D eigenvalue weighted by atomic mass is 19.4. The van der Waals surface area contributed by atoms with Gasteiger partial charge in [0.15, 0.2) is 23.0 Å². The van der Waals surface area contributed by atoms with Crippen molar-refractivity contribution in [2.24, 2.45) is 0 Å². The van der Waals surface area contributed by atoms with E-state index in [0.717, 1.165) is 36.4 Å². The van der Waals surface area contributed by atoms with Crippen molar-refractivity contribution in [3.63, 3.8) is 0 Å². The fourth-order valence-corrected chi connectivity index (χ4v) is 3.49. The molecule has 7 nitrogen and oxygen atoms in total. The number of phenols is 1. The Morgan fingerprint density at radius 3 is 2.16 bits per heavy atom. The van der Waals surface area contributed by atoms with Crippen molar-refractivity contribution in [3.8, 4) is 23.0 Å². The lowest BCUT2D eigenvalue weighted by atomic mass is 9.88. The molecule has 0 aliphatic carbocycles. The number of hydrogen-bond acceptors (Lipinski definition) is 6. The topological polar surface area (TPSA) is 88.5 Å². The van der Waals surface area contributed by atoms with Crippen molar-refractivity contribution < 1.29 is 42.4 Å². The number of carboxylic acids is 1. The number of rotatable bonds is 5. The van der Waals surface area contributed by atoms with Crippen LogP contribution >= 0.6 is 0 Å². The van der Waals surface area contributed by atoms with Gasteiger partial charge in [-0.05, 0) is 60.8 Å². The Bertz CT molecular complexity index is 948. The standard InChI is InChI=1S/C20H25NO4.C2HF3O2/c1-21-8-7-14-11-19(24-3)20(25-4)12-15(14)16(21)9-13-5-6-17(22)18(10-13)23-2;3-2(4,5)1(6)7/h5-6,10-12,16,22H,7-9H2,1-4H3;(H,6,7). The first-order valence-corrected chi connectivity index (χ1v) is 9.62. The van der Waals surface area contributed by atoms with Crippen molar-refractivity contribution in [3.05, 3.63) is 47.0 Å². The first kappa shape index (κ1) is 25.1. The van der Waals surface area contributed by atoms with E-state index in [0.29, 0.717) is 5.75 Å². The average molecular weight is 457 g/mol. The molecular formula is C22H26F3NO6. The lowest BCUT2D eigenvalue weighted by Crippen LogP contribution is -2.33. The van der Waals surface area contributed by atoms with Crippen LogP contribution in [0.25, 0.3) is 0 Å². The predicted molar refractivity (Wildman–Crippen MR) is 111 cm³/mol. The van der Waals surface area contributed by atoms with E-state index in [-0.39, 0.29) is 11.8 Å². The molecule has 10 heteroatoms. The van der Waals surface area contributed by atoms with E-state index in [1.807, 2.05) is 12.1 Å². The molecule has 0 radical (unpaired) electrons. The molecule has 3 rings (SSSR count). The van der Waals surface area contributed by atoms with Gasteiger partial charge in [0.1, 0.15) is 0 Å². The second-order valence-corrected chi connectivity index (χ2v) is 7.17. The number of methoxy groups -OCH3 is 3. The Labute approximate surface area is 183 Å². The van der Waals surface area contributed by atoms with Crippen molar-refractivity contribution >= 4 is 5.97 Å². The minimum Gasteiger partial charge on any atom is -0.504 e. The van der Waals surface area contributed by atoms with Crippen LogP contribution in [0.15, 0.2) is 30.3 Å². The normalized spacial score (nSPS) is 15.8. The van der Waals surface area contributed by atoms with Crippen LogP contribution in [0.3, 0.4) is 0 Å². The van der Waals surface area contributed by atoms with Gasteiger partial charge in [0.05, 0.1) is 21.3 Å². The molecule has 0 fully saturated rings. The third kappa shape index (κ3) is 5.97. The Hall–Kier alpha value is -3.14. The minimum atomic E-state index is -5.08. The van der Waals surface area contributed by atoms with Crippen LogP contribution < -0.4 is 14.2 Å². The SMILES string of the molecule is COc1cc(CC2c3cc(OC)c(OC)cc3CCN2C)ccc1O.O=C(O)C(F)(F)F. The number of alkyl halides is 3. The van der Waals surface area contributed by atoms with Gasteiger partial charge in [0.25, 0.3) is 0 Å². The van der Waals surface area contributed by atoms with Gasteiger partial charge >= 0.3 is 12.1 Å². The maximum atomic E-state index is 10.6. The van der Waals surface area contributed by atoms with Crippen LogP contribution in [0.2, 0.25) is 0 Å². The monoisotopic (exact) mass is 457 g/mol. The van der Waals surface area contributed by atoms with E-state index in [1.54, 1.807) is 27.4 Å². The Morgan fingerprint density at radius 1 is 1.06 bits per heavy atom. The van der Waals surface area contributed by atoms with Gasteiger partial charge in [-0.15, -0.1) is 0 Å². The molecule has 1 heterocycles. The zero-order valence-electron chi connectivity index (χ0n) is 18.2. The fraction of sp³-hybridized carbons (Fsp3) is 0.409. The van der Waals surface area contributed by atoms with Gasteiger partial charge in [0, 0.05) is 12.6 Å². The highest BCUT2D eigenvalue weighted by Crippen LogP contribution is 2.39. The summed E-state index contributed by atoms with van der Waals surface area (Å²) in [4.78, 5) is 11.3. The smallest absolute Gasteiger partial charge is 0.490 e. The number of likely N-dealkylation sites (N-methyl/N-ethyl adjacent to an activating group) is 1. The summed E-state index contributed by atoms with van der Waals surface area (Å²) in [6.45, 7) is 0.988. The molecule has 0 spiro atoms. The molecule has 1 aliphatic heterocycles. The highest BCUT2D eigenvalue weighted by molar-refractivity contribution is 5.73. The maximum Gasteiger partial charge on any atom is 0.490 e. The first-order valence-electron chi connectivity index (χ1n) is 9.62. The summed E-state index contributed by atoms with van der Waals surface area (Å²) >= 11 is 0. The van der Waals surface area contributed by atoms with Gasteiger partial charge in [0.2, 0.25) is 0 Å². The van der Waals surface area contributed by atoms with Crippen molar-refractivity contribution in [2.75, 3.05) is 34.9 Å². The number of aromatic hydroxyl groups is 1. The number of ether oxygens (including phenoxy) is 3. The molecule has 0 aromatic heterocycles. The zero-order chi connectivity index (χ0) is 24.1. The van der Waals surface area contributed by atoms with Gasteiger partial charge in [-0.2, -0.15) is 13.2 Å². The summed E-state index contributed by atoms with van der Waals surface area (Å²) in [6, 6.07) is 9.95. The van der Waals surface area contributed by atoms with Crippen LogP contribution in [-0.4, -0.2) is 62.2 Å². The lowest BCUT2D eigenvalue weighted by Gasteiger charge is -2.35. The predicted octanol–water partition coefficient (Wildman–Crippen LogP) is 3.82. The molecule has 0 saturated carbocycles.